The number of rotatable bonds is 1. The van der Waals surface area contributed by atoms with Crippen LogP contribution in [0.1, 0.15) is 85.5 Å². The normalized spacial score (nSPS) is 41.8. The molecule has 10 heteroatoms. The van der Waals surface area contributed by atoms with Crippen LogP contribution in [0.15, 0.2) is 72.4 Å². The summed E-state index contributed by atoms with van der Waals surface area (Å²) in [6.07, 6.45) is 15.5. The molecule has 2 saturated heterocycles. The van der Waals surface area contributed by atoms with E-state index < -0.39 is 66.5 Å². The van der Waals surface area contributed by atoms with Gasteiger partial charge < -0.3 is 44.8 Å². The lowest BCUT2D eigenvalue weighted by Gasteiger charge is -2.48. The number of aliphatic hydroxyl groups excluding tert-OH is 6. The fraction of sp³-hybridized carbons (Fsp3) is 0.658. The van der Waals surface area contributed by atoms with Crippen molar-refractivity contribution in [3.8, 4) is 0 Å². The summed E-state index contributed by atoms with van der Waals surface area (Å²) in [5.74, 6) is -2.16. The Labute approximate surface area is 285 Å². The third kappa shape index (κ3) is 13.5. The number of carbonyl (C=O) groups excluding carboxylic acids is 1. The molecule has 0 aromatic heterocycles. The third-order valence-electron chi connectivity index (χ3n) is 9.14. The molecular formula is C38H58O10. The fourth-order valence-corrected chi connectivity index (χ4v) is 6.68. The largest absolute Gasteiger partial charge is 0.458 e. The van der Waals surface area contributed by atoms with Gasteiger partial charge in [0.15, 0.2) is 5.79 Å². The Morgan fingerprint density at radius 3 is 2.00 bits per heavy atom. The Kier molecular flexibility index (Phi) is 16.4. The predicted octanol–water partition coefficient (Wildman–Crippen LogP) is 4.10. The van der Waals surface area contributed by atoms with Gasteiger partial charge >= 0.3 is 5.97 Å². The maximum Gasteiger partial charge on any atom is 0.334 e. The molecule has 6 N–H and O–H groups in total. The monoisotopic (exact) mass is 674 g/mol. The van der Waals surface area contributed by atoms with E-state index in [9.17, 15) is 35.4 Å². The summed E-state index contributed by atoms with van der Waals surface area (Å²) < 4.78 is 18.4. The SMILES string of the molecule is C/C1=C/C=C\C=C/C=C\C=CC[C@@H]2C[C@H](O)C[C@]3(C[C@H](O)C[C@H](C=CC[C@@H](O)C[C@@H](O)C[C@@H](O)C[C@@H](O)[C@H](C)[C@H](C(C)C)OC1=O)O3)O2. The van der Waals surface area contributed by atoms with Crippen LogP contribution in [-0.2, 0) is 19.0 Å². The van der Waals surface area contributed by atoms with Crippen molar-refractivity contribution in [2.24, 2.45) is 11.8 Å². The van der Waals surface area contributed by atoms with Crippen LogP contribution in [-0.4, -0.2) is 97.3 Å². The van der Waals surface area contributed by atoms with Crippen LogP contribution < -0.4 is 0 Å². The van der Waals surface area contributed by atoms with Crippen LogP contribution >= 0.6 is 0 Å². The second-order valence-electron chi connectivity index (χ2n) is 14.0. The zero-order valence-corrected chi connectivity index (χ0v) is 28.9. The number of allylic oxidation sites excluding steroid dienone is 8. The van der Waals surface area contributed by atoms with E-state index in [1.165, 1.54) is 0 Å². The number of hydrogen-bond acceptors (Lipinski definition) is 10. The summed E-state index contributed by atoms with van der Waals surface area (Å²) in [4.78, 5) is 12.8. The van der Waals surface area contributed by atoms with Gasteiger partial charge in [0.25, 0.3) is 0 Å². The number of esters is 1. The Balaban J connectivity index is 1.75. The highest BCUT2D eigenvalue weighted by Crippen LogP contribution is 2.40. The van der Waals surface area contributed by atoms with Crippen LogP contribution in [0.2, 0.25) is 0 Å². The van der Waals surface area contributed by atoms with Gasteiger partial charge in [-0.1, -0.05) is 87.6 Å². The minimum Gasteiger partial charge on any atom is -0.458 e. The van der Waals surface area contributed by atoms with Crippen molar-refractivity contribution >= 4 is 5.97 Å². The summed E-state index contributed by atoms with van der Waals surface area (Å²) in [6.45, 7) is 7.24. The van der Waals surface area contributed by atoms with Gasteiger partial charge in [-0.2, -0.15) is 0 Å². The zero-order chi connectivity index (χ0) is 35.3. The van der Waals surface area contributed by atoms with Crippen molar-refractivity contribution in [3.05, 3.63) is 72.4 Å². The third-order valence-corrected chi connectivity index (χ3v) is 9.14. The quantitative estimate of drug-likeness (QED) is 0.176. The van der Waals surface area contributed by atoms with E-state index in [4.69, 9.17) is 14.2 Å². The lowest BCUT2D eigenvalue weighted by Crippen LogP contribution is -2.54. The molecule has 270 valence electrons. The second kappa shape index (κ2) is 19.7. The zero-order valence-electron chi connectivity index (χ0n) is 28.9. The molecule has 0 aromatic carbocycles. The average molecular weight is 675 g/mol. The number of carbonyl (C=O) groups is 1. The number of cyclic esters (lactones) is 1. The highest BCUT2D eigenvalue weighted by Gasteiger charge is 2.47. The summed E-state index contributed by atoms with van der Waals surface area (Å²) >= 11 is 0. The van der Waals surface area contributed by atoms with Gasteiger partial charge in [0.1, 0.15) is 6.10 Å². The first kappa shape index (κ1) is 40.0. The lowest BCUT2D eigenvalue weighted by molar-refractivity contribution is -0.331. The van der Waals surface area contributed by atoms with Gasteiger partial charge in [-0.3, -0.25) is 0 Å². The lowest BCUT2D eigenvalue weighted by atomic mass is 9.86. The second-order valence-corrected chi connectivity index (χ2v) is 14.0. The van der Waals surface area contributed by atoms with E-state index in [0.29, 0.717) is 24.8 Å². The highest BCUT2D eigenvalue weighted by molar-refractivity contribution is 5.88. The van der Waals surface area contributed by atoms with Crippen molar-refractivity contribution < 1.29 is 49.6 Å². The first-order valence-electron chi connectivity index (χ1n) is 17.4. The van der Waals surface area contributed by atoms with Crippen molar-refractivity contribution in [3.63, 3.8) is 0 Å². The maximum atomic E-state index is 12.8. The van der Waals surface area contributed by atoms with E-state index >= 15 is 0 Å². The molecule has 3 heterocycles. The van der Waals surface area contributed by atoms with Gasteiger partial charge in [0.2, 0.25) is 0 Å². The maximum absolute atomic E-state index is 12.8. The van der Waals surface area contributed by atoms with Crippen molar-refractivity contribution in [2.45, 2.75) is 146 Å². The molecule has 0 aliphatic carbocycles. The molecule has 0 aromatic rings. The van der Waals surface area contributed by atoms with Crippen molar-refractivity contribution in [1.29, 1.82) is 0 Å². The topological polar surface area (TPSA) is 166 Å². The first-order chi connectivity index (χ1) is 22.8. The van der Waals surface area contributed by atoms with Crippen molar-refractivity contribution in [1.82, 2.24) is 0 Å². The van der Waals surface area contributed by atoms with Gasteiger partial charge in [-0.15, -0.1) is 0 Å². The van der Waals surface area contributed by atoms with E-state index in [2.05, 4.69) is 0 Å². The number of ether oxygens (including phenoxy) is 3. The van der Waals surface area contributed by atoms with Crippen LogP contribution in [0.25, 0.3) is 0 Å². The Hall–Kier alpha value is -2.41. The predicted molar refractivity (Wildman–Crippen MR) is 183 cm³/mol. The molecule has 11 atom stereocenters. The molecule has 48 heavy (non-hydrogen) atoms. The van der Waals surface area contributed by atoms with Crippen LogP contribution in [0.3, 0.4) is 0 Å². The Bertz CT molecular complexity index is 1170. The smallest absolute Gasteiger partial charge is 0.334 e. The molecule has 0 saturated carbocycles. The molecule has 0 amide bonds. The fourth-order valence-electron chi connectivity index (χ4n) is 6.68. The first-order valence-corrected chi connectivity index (χ1v) is 17.4. The summed E-state index contributed by atoms with van der Waals surface area (Å²) in [7, 11) is 0. The minimum atomic E-state index is -1.11. The molecule has 0 unspecified atom stereocenters. The van der Waals surface area contributed by atoms with Crippen LogP contribution in [0.5, 0.6) is 0 Å². The number of hydrogen-bond donors (Lipinski definition) is 6. The highest BCUT2D eigenvalue weighted by atomic mass is 16.7. The number of aliphatic hydroxyl groups is 6. The molecule has 0 radical (unpaired) electrons. The van der Waals surface area contributed by atoms with Crippen LogP contribution in [0, 0.1) is 11.8 Å². The molecule has 3 bridgehead atoms. The molecular weight excluding hydrogens is 616 g/mol. The molecule has 10 nitrogen and oxygen atoms in total. The van der Waals surface area contributed by atoms with Gasteiger partial charge in [-0.05, 0) is 44.9 Å². The van der Waals surface area contributed by atoms with Gasteiger partial charge in [0, 0.05) is 37.2 Å². The molecule has 2 fully saturated rings. The van der Waals surface area contributed by atoms with Crippen molar-refractivity contribution in [2.75, 3.05) is 0 Å². The van der Waals surface area contributed by atoms with E-state index in [1.54, 1.807) is 44.2 Å². The number of fused-ring (bicyclic) bond motifs is 2. The van der Waals surface area contributed by atoms with E-state index in [0.717, 1.165) is 0 Å². The molecule has 1 spiro atoms. The summed E-state index contributed by atoms with van der Waals surface area (Å²) in [5.41, 5.74) is 0.405. The van der Waals surface area contributed by atoms with E-state index in [-0.39, 0.29) is 50.5 Å². The summed E-state index contributed by atoms with van der Waals surface area (Å²) in [5, 5.41) is 64.0. The van der Waals surface area contributed by atoms with Crippen LogP contribution in [0.4, 0.5) is 0 Å². The standard InChI is InChI=1S/C38H58O10/c1-25(2)36-27(4)35(44)22-30(41)19-29(40)18-28(39)15-13-17-34-21-32(43)24-38(48-34)23-31(42)20-33(47-38)16-12-10-8-6-5-7-9-11-14-26(3)37(45)46-36/h5-14,17,25,27-36,39-44H,15-16,18-24H2,1-4H3/b7-5-,8-6-,11-9-,12-10?,17-13?,26-14-/t27-,28+,29+,30+,31-,32+,33+,34-,35+,36-,38-/m0/s1. The van der Waals surface area contributed by atoms with Gasteiger partial charge in [0.05, 0.1) is 48.8 Å². The Morgan fingerprint density at radius 1 is 0.708 bits per heavy atom. The van der Waals surface area contributed by atoms with E-state index in [1.807, 2.05) is 50.3 Å². The minimum absolute atomic E-state index is 0.0207. The molecule has 3 rings (SSSR count). The molecule has 3 aliphatic heterocycles. The molecule has 3 aliphatic rings. The van der Waals surface area contributed by atoms with Gasteiger partial charge in [-0.25, -0.2) is 4.79 Å². The summed E-state index contributed by atoms with van der Waals surface area (Å²) in [6, 6.07) is 0. The average Bonchev–Trinajstić information content (AvgIpc) is 2.98. The Morgan fingerprint density at radius 2 is 1.31 bits per heavy atom.